The number of thioether (sulfide) groups is 1. The van der Waals surface area contributed by atoms with Gasteiger partial charge in [-0.3, -0.25) is 0 Å². The minimum Gasteiger partial charge on any atom is -0.813 e. The van der Waals surface area contributed by atoms with Crippen LogP contribution in [0.3, 0.4) is 0 Å². The van der Waals surface area contributed by atoms with E-state index in [1.165, 1.54) is 31.6 Å². The van der Waals surface area contributed by atoms with Gasteiger partial charge in [-0.25, -0.2) is 0 Å². The quantitative estimate of drug-likeness (QED) is 0.192. The standard InChI is InChI=1S/C11H6BrS.C9H7.2ClH.H2S.Zr/c12-10-6-8-5-7-3-1-2-4-9(7)11(8)13-10;1-2-5-9-7-3-6-8(9)4-1;;;;/h1-2,4-6,11H;1-4,7H,6H2;2*1H;1H2;/q2*-1;;;;+2/p-3. The first kappa shape index (κ1) is 22.6. The van der Waals surface area contributed by atoms with Crippen molar-refractivity contribution in [2.45, 2.75) is 11.7 Å². The van der Waals surface area contributed by atoms with E-state index < -0.39 is 20.8 Å². The van der Waals surface area contributed by atoms with Gasteiger partial charge in [0.25, 0.3) is 0 Å². The van der Waals surface area contributed by atoms with Gasteiger partial charge in [-0.1, -0.05) is 12.0 Å². The summed E-state index contributed by atoms with van der Waals surface area (Å²) in [5, 5.41) is 0.516. The van der Waals surface area contributed by atoms with Gasteiger partial charge in [0.2, 0.25) is 0 Å². The summed E-state index contributed by atoms with van der Waals surface area (Å²) in [5.41, 5.74) is 6.71. The summed E-state index contributed by atoms with van der Waals surface area (Å²) < 4.78 is 1.23. The molecule has 0 radical (unpaired) electrons. The van der Waals surface area contributed by atoms with E-state index in [4.69, 9.17) is 17.0 Å². The molecule has 0 nitrogen and oxygen atoms in total. The zero-order chi connectivity index (χ0) is 17.6. The molecule has 2 aliphatic carbocycles. The Morgan fingerprint density at radius 2 is 1.77 bits per heavy atom. The Bertz CT molecular complexity index is 849. The molecular formula is C20H14BrCl2S2Zr-3. The van der Waals surface area contributed by atoms with Crippen LogP contribution in [-0.2, 0) is 40.8 Å². The van der Waals surface area contributed by atoms with E-state index in [-0.39, 0.29) is 13.5 Å². The second kappa shape index (κ2) is 11.3. The molecule has 1 unspecified atom stereocenters. The molecule has 134 valence electrons. The smallest absolute Gasteiger partial charge is 0.0528 e. The number of rotatable bonds is 0. The van der Waals surface area contributed by atoms with E-state index in [1.54, 1.807) is 0 Å². The maximum absolute atomic E-state index is 4.93. The molecular weight excluding hydrogens is 546 g/mol. The van der Waals surface area contributed by atoms with Crippen LogP contribution in [0.1, 0.15) is 27.5 Å². The number of thiol groups is 1. The van der Waals surface area contributed by atoms with Crippen LogP contribution in [0.2, 0.25) is 0 Å². The summed E-state index contributed by atoms with van der Waals surface area (Å²) in [7, 11) is 9.87. The topological polar surface area (TPSA) is 0 Å². The third-order valence-corrected chi connectivity index (χ3v) is 5.82. The Kier molecular flexibility index (Phi) is 9.85. The van der Waals surface area contributed by atoms with Gasteiger partial charge in [0, 0.05) is 9.06 Å². The summed E-state index contributed by atoms with van der Waals surface area (Å²) >= 11 is 4.56. The van der Waals surface area contributed by atoms with Gasteiger partial charge >= 0.3 is 37.9 Å². The van der Waals surface area contributed by atoms with Crippen molar-refractivity contribution in [3.63, 3.8) is 0 Å². The Balaban J connectivity index is 0.000000165. The van der Waals surface area contributed by atoms with Crippen molar-refractivity contribution in [3.05, 3.63) is 92.3 Å². The second-order valence-electron chi connectivity index (χ2n) is 5.42. The molecule has 0 aromatic heterocycles. The minimum absolute atomic E-state index is 0. The molecule has 0 spiro atoms. The zero-order valence-corrected chi connectivity index (χ0v) is 20.8. The Labute approximate surface area is 193 Å². The van der Waals surface area contributed by atoms with Crippen molar-refractivity contribution in [2.75, 3.05) is 0 Å². The predicted molar refractivity (Wildman–Crippen MR) is 119 cm³/mol. The SMILES string of the molecule is BrC1=CC2=Cc3[c-]cccc3C2S1.[Cl][Zr][Cl].[SH-].[c-]1cccc2c1C=CC2. The Morgan fingerprint density at radius 1 is 1.08 bits per heavy atom. The normalized spacial score (nSPS) is 17.1. The molecule has 0 fully saturated rings. The largest absolute Gasteiger partial charge is 0.813 e. The van der Waals surface area contributed by atoms with Crippen molar-refractivity contribution >= 4 is 70.4 Å². The molecule has 1 heterocycles. The molecule has 0 amide bonds. The third-order valence-electron chi connectivity index (χ3n) is 3.93. The van der Waals surface area contributed by atoms with Gasteiger partial charge in [-0.05, 0) is 22.0 Å². The van der Waals surface area contributed by atoms with E-state index in [0.29, 0.717) is 5.25 Å². The summed E-state index contributed by atoms with van der Waals surface area (Å²) in [4.78, 5) is 0. The van der Waals surface area contributed by atoms with Crippen LogP contribution in [0.4, 0.5) is 0 Å². The fourth-order valence-corrected chi connectivity index (χ4v) is 4.75. The molecule has 2 aromatic rings. The number of hydrogen-bond donors (Lipinski definition) is 0. The molecule has 6 heteroatoms. The summed E-state index contributed by atoms with van der Waals surface area (Å²) in [6.07, 6.45) is 9.80. The summed E-state index contributed by atoms with van der Waals surface area (Å²) in [6, 6.07) is 18.8. The van der Waals surface area contributed by atoms with Crippen molar-refractivity contribution in [1.29, 1.82) is 0 Å². The molecule has 1 aliphatic heterocycles. The molecule has 0 N–H and O–H groups in total. The van der Waals surface area contributed by atoms with Crippen LogP contribution in [0, 0.1) is 12.1 Å². The third kappa shape index (κ3) is 5.66. The van der Waals surface area contributed by atoms with E-state index >= 15 is 0 Å². The average Bonchev–Trinajstić information content (AvgIpc) is 3.29. The van der Waals surface area contributed by atoms with E-state index in [2.05, 4.69) is 70.6 Å². The first-order valence-corrected chi connectivity index (χ1v) is 15.6. The fourth-order valence-electron chi connectivity index (χ4n) is 2.89. The minimum atomic E-state index is -0.826. The van der Waals surface area contributed by atoms with Gasteiger partial charge in [0.05, 0.1) is 0 Å². The first-order valence-electron chi connectivity index (χ1n) is 7.61. The van der Waals surface area contributed by atoms with Crippen molar-refractivity contribution in [2.24, 2.45) is 0 Å². The Hall–Kier alpha value is 0.303. The maximum Gasteiger partial charge on any atom is -0.0528 e. The average molecular weight is 560 g/mol. The van der Waals surface area contributed by atoms with Crippen LogP contribution in [-0.4, -0.2) is 0 Å². The molecule has 26 heavy (non-hydrogen) atoms. The van der Waals surface area contributed by atoms with Gasteiger partial charge < -0.3 is 13.5 Å². The van der Waals surface area contributed by atoms with Gasteiger partial charge in [0.1, 0.15) is 0 Å². The molecule has 0 bridgehead atoms. The van der Waals surface area contributed by atoms with Crippen LogP contribution in [0.15, 0.2) is 57.9 Å². The summed E-state index contributed by atoms with van der Waals surface area (Å²) in [6.45, 7) is 0. The first-order chi connectivity index (χ1) is 12.2. The molecule has 0 saturated carbocycles. The zero-order valence-electron chi connectivity index (χ0n) is 13.5. The molecule has 1 atom stereocenters. The maximum atomic E-state index is 4.93. The predicted octanol–water partition coefficient (Wildman–Crippen LogP) is 7.07. The Morgan fingerprint density at radius 3 is 2.50 bits per heavy atom. The number of allylic oxidation sites excluding steroid dienone is 2. The second-order valence-corrected chi connectivity index (χ2v) is 11.7. The molecule has 0 saturated heterocycles. The molecule has 5 rings (SSSR count). The van der Waals surface area contributed by atoms with E-state index in [0.717, 1.165) is 6.42 Å². The fraction of sp³-hybridized carbons (Fsp3) is 0.100. The van der Waals surface area contributed by atoms with Crippen LogP contribution < -0.4 is 0 Å². The van der Waals surface area contributed by atoms with Gasteiger partial charge in [-0.15, -0.1) is 101 Å². The van der Waals surface area contributed by atoms with Crippen molar-refractivity contribution < 1.29 is 20.8 Å². The van der Waals surface area contributed by atoms with Gasteiger partial charge in [0.15, 0.2) is 0 Å². The van der Waals surface area contributed by atoms with Crippen LogP contribution in [0.25, 0.3) is 12.2 Å². The van der Waals surface area contributed by atoms with E-state index in [1.807, 2.05) is 30.0 Å². The monoisotopic (exact) mass is 557 g/mol. The number of hydrogen-bond acceptors (Lipinski definition) is 2. The van der Waals surface area contributed by atoms with Crippen molar-refractivity contribution in [1.82, 2.24) is 0 Å². The van der Waals surface area contributed by atoms with Crippen LogP contribution >= 0.6 is 44.7 Å². The number of halogens is 3. The molecule has 2 aromatic carbocycles. The van der Waals surface area contributed by atoms with Crippen molar-refractivity contribution in [3.8, 4) is 0 Å². The number of fused-ring (bicyclic) bond motifs is 4. The number of benzene rings is 2. The summed E-state index contributed by atoms with van der Waals surface area (Å²) in [5.74, 6) is 0. The van der Waals surface area contributed by atoms with Gasteiger partial charge in [-0.2, -0.15) is 0 Å². The van der Waals surface area contributed by atoms with Crippen LogP contribution in [0.5, 0.6) is 0 Å². The van der Waals surface area contributed by atoms with E-state index in [9.17, 15) is 0 Å². The molecule has 3 aliphatic rings.